The Morgan fingerprint density at radius 3 is 2.42 bits per heavy atom. The summed E-state index contributed by atoms with van der Waals surface area (Å²) in [7, 11) is 5.29. The number of likely N-dealkylation sites (N-methyl/N-ethyl adjacent to an activating group) is 1. The smallest absolute Gasteiger partial charge is 0.133 e. The third kappa shape index (κ3) is 3.70. The molecule has 0 aliphatic carbocycles. The van der Waals surface area contributed by atoms with E-state index in [4.69, 9.17) is 9.47 Å². The average Bonchev–Trinajstić information content (AvgIpc) is 2.40. The van der Waals surface area contributed by atoms with E-state index in [1.807, 2.05) is 31.9 Å². The normalized spacial score (nSPS) is 10.6. The predicted octanol–water partition coefficient (Wildman–Crippen LogP) is 1.99. The minimum atomic E-state index is 0.449. The van der Waals surface area contributed by atoms with Crippen molar-refractivity contribution < 1.29 is 14.3 Å². The molecule has 0 amide bonds. The van der Waals surface area contributed by atoms with E-state index < -0.39 is 0 Å². The molecule has 0 aromatic heterocycles. The van der Waals surface area contributed by atoms with Crippen LogP contribution in [-0.2, 0) is 11.2 Å². The first-order valence-electron chi connectivity index (χ1n) is 6.38. The van der Waals surface area contributed by atoms with Crippen molar-refractivity contribution in [2.24, 2.45) is 0 Å². The van der Waals surface area contributed by atoms with Gasteiger partial charge in [0, 0.05) is 6.54 Å². The molecular weight excluding hydrogens is 242 g/mol. The van der Waals surface area contributed by atoms with Crippen LogP contribution in [-0.4, -0.2) is 45.5 Å². The lowest BCUT2D eigenvalue weighted by Gasteiger charge is -2.19. The largest absolute Gasteiger partial charge is 0.496 e. The van der Waals surface area contributed by atoms with Crippen LogP contribution < -0.4 is 9.47 Å². The molecule has 0 fully saturated rings. The molecule has 0 radical (unpaired) electrons. The molecule has 0 spiro atoms. The van der Waals surface area contributed by atoms with Gasteiger partial charge in [0.05, 0.1) is 20.8 Å². The van der Waals surface area contributed by atoms with Gasteiger partial charge >= 0.3 is 0 Å². The van der Waals surface area contributed by atoms with Gasteiger partial charge < -0.3 is 14.3 Å². The van der Waals surface area contributed by atoms with Crippen molar-refractivity contribution in [2.45, 2.75) is 20.3 Å². The molecule has 1 rings (SSSR count). The Hall–Kier alpha value is -1.55. The second-order valence-electron chi connectivity index (χ2n) is 4.70. The summed E-state index contributed by atoms with van der Waals surface area (Å²) in [6.45, 7) is 5.32. The Balaban J connectivity index is 2.98. The zero-order valence-electron chi connectivity index (χ0n) is 12.4. The first-order valence-corrected chi connectivity index (χ1v) is 6.38. The Morgan fingerprint density at radius 1 is 1.21 bits per heavy atom. The van der Waals surface area contributed by atoms with Crippen LogP contribution in [0.15, 0.2) is 6.07 Å². The highest BCUT2D eigenvalue weighted by Gasteiger charge is 2.14. The highest BCUT2D eigenvalue weighted by Crippen LogP contribution is 2.33. The standard InChI is InChI=1S/C15H23NO3/c1-11-12(2)15(19-5)13(10-14(11)18-4)6-7-16(3)8-9-17/h9-10H,6-8H2,1-5H3. The lowest BCUT2D eigenvalue weighted by molar-refractivity contribution is -0.108. The van der Waals surface area contributed by atoms with Crippen molar-refractivity contribution in [2.75, 3.05) is 34.4 Å². The van der Waals surface area contributed by atoms with E-state index in [-0.39, 0.29) is 0 Å². The van der Waals surface area contributed by atoms with E-state index in [1.165, 1.54) is 0 Å². The molecule has 0 saturated heterocycles. The van der Waals surface area contributed by atoms with Gasteiger partial charge in [0.15, 0.2) is 0 Å². The summed E-state index contributed by atoms with van der Waals surface area (Å²) in [6, 6.07) is 2.02. The number of nitrogens with zero attached hydrogens (tertiary/aromatic N) is 1. The van der Waals surface area contributed by atoms with Gasteiger partial charge in [-0.1, -0.05) is 0 Å². The molecule has 0 aliphatic heterocycles. The summed E-state index contributed by atoms with van der Waals surface area (Å²) in [5.41, 5.74) is 3.32. The van der Waals surface area contributed by atoms with Gasteiger partial charge in [-0.3, -0.25) is 4.90 Å². The van der Waals surface area contributed by atoms with Crippen LogP contribution in [0.4, 0.5) is 0 Å². The highest BCUT2D eigenvalue weighted by molar-refractivity contribution is 5.53. The van der Waals surface area contributed by atoms with Gasteiger partial charge in [-0.15, -0.1) is 0 Å². The van der Waals surface area contributed by atoms with E-state index in [1.54, 1.807) is 14.2 Å². The van der Waals surface area contributed by atoms with Gasteiger partial charge in [-0.25, -0.2) is 0 Å². The molecule has 1 aromatic carbocycles. The molecule has 4 heteroatoms. The molecule has 4 nitrogen and oxygen atoms in total. The van der Waals surface area contributed by atoms with Crippen LogP contribution in [0.5, 0.6) is 11.5 Å². The highest BCUT2D eigenvalue weighted by atomic mass is 16.5. The lowest BCUT2D eigenvalue weighted by atomic mass is 10.0. The number of methoxy groups -OCH3 is 2. The maximum atomic E-state index is 10.5. The monoisotopic (exact) mass is 265 g/mol. The maximum absolute atomic E-state index is 10.5. The van der Waals surface area contributed by atoms with Gasteiger partial charge in [0.1, 0.15) is 17.8 Å². The van der Waals surface area contributed by atoms with Gasteiger partial charge in [-0.05, 0) is 50.1 Å². The van der Waals surface area contributed by atoms with Crippen LogP contribution in [0.1, 0.15) is 16.7 Å². The fourth-order valence-corrected chi connectivity index (χ4v) is 2.14. The van der Waals surface area contributed by atoms with Crippen LogP contribution in [0, 0.1) is 13.8 Å². The second-order valence-corrected chi connectivity index (χ2v) is 4.70. The third-order valence-corrected chi connectivity index (χ3v) is 3.44. The summed E-state index contributed by atoms with van der Waals surface area (Å²) in [4.78, 5) is 12.4. The fourth-order valence-electron chi connectivity index (χ4n) is 2.14. The molecule has 106 valence electrons. The molecule has 0 aliphatic rings. The van der Waals surface area contributed by atoms with Crippen molar-refractivity contribution in [3.05, 3.63) is 22.8 Å². The number of aldehydes is 1. The molecule has 0 saturated carbocycles. The van der Waals surface area contributed by atoms with Crippen LogP contribution in [0.25, 0.3) is 0 Å². The Labute approximate surface area is 115 Å². The molecule has 0 bridgehead atoms. The number of hydrogen-bond acceptors (Lipinski definition) is 4. The van der Waals surface area contributed by atoms with E-state index in [2.05, 4.69) is 0 Å². The quantitative estimate of drug-likeness (QED) is 0.707. The molecule has 0 atom stereocenters. The number of benzene rings is 1. The summed E-state index contributed by atoms with van der Waals surface area (Å²) in [5.74, 6) is 1.80. The fraction of sp³-hybridized carbons (Fsp3) is 0.533. The van der Waals surface area contributed by atoms with E-state index in [0.717, 1.165) is 47.4 Å². The van der Waals surface area contributed by atoms with E-state index >= 15 is 0 Å². The first-order chi connectivity index (χ1) is 9.04. The number of carbonyl (C=O) groups excluding carboxylic acids is 1. The average molecular weight is 265 g/mol. The molecule has 19 heavy (non-hydrogen) atoms. The summed E-state index contributed by atoms with van der Waals surface area (Å²) in [5, 5.41) is 0. The SMILES string of the molecule is COc1cc(CCN(C)CC=O)c(OC)c(C)c1C. The van der Waals surface area contributed by atoms with Crippen molar-refractivity contribution in [1.82, 2.24) is 4.90 Å². The molecule has 0 heterocycles. The molecule has 0 unspecified atom stereocenters. The van der Waals surface area contributed by atoms with Gasteiger partial charge in [0.2, 0.25) is 0 Å². The topological polar surface area (TPSA) is 38.8 Å². The van der Waals surface area contributed by atoms with Crippen LogP contribution in [0.3, 0.4) is 0 Å². The number of ether oxygens (including phenoxy) is 2. The van der Waals surface area contributed by atoms with E-state index in [9.17, 15) is 4.79 Å². The van der Waals surface area contributed by atoms with Crippen molar-refractivity contribution in [1.29, 1.82) is 0 Å². The van der Waals surface area contributed by atoms with Crippen molar-refractivity contribution in [3.8, 4) is 11.5 Å². The Bertz CT molecular complexity index is 444. The molecule has 1 aromatic rings. The third-order valence-electron chi connectivity index (χ3n) is 3.44. The predicted molar refractivity (Wildman–Crippen MR) is 76.3 cm³/mol. The van der Waals surface area contributed by atoms with Crippen LogP contribution in [0.2, 0.25) is 0 Å². The Morgan fingerprint density at radius 2 is 1.89 bits per heavy atom. The summed E-state index contributed by atoms with van der Waals surface area (Å²) < 4.78 is 10.9. The summed E-state index contributed by atoms with van der Waals surface area (Å²) in [6.07, 6.45) is 1.74. The minimum absolute atomic E-state index is 0.449. The van der Waals surface area contributed by atoms with Crippen molar-refractivity contribution in [3.63, 3.8) is 0 Å². The van der Waals surface area contributed by atoms with Crippen LogP contribution >= 0.6 is 0 Å². The zero-order valence-corrected chi connectivity index (χ0v) is 12.4. The number of rotatable bonds is 7. The lowest BCUT2D eigenvalue weighted by Crippen LogP contribution is -2.23. The number of carbonyl (C=O) groups is 1. The second kappa shape index (κ2) is 7.14. The zero-order chi connectivity index (χ0) is 14.4. The minimum Gasteiger partial charge on any atom is -0.496 e. The van der Waals surface area contributed by atoms with Gasteiger partial charge in [-0.2, -0.15) is 0 Å². The molecular formula is C15H23NO3. The van der Waals surface area contributed by atoms with E-state index in [0.29, 0.717) is 6.54 Å². The summed E-state index contributed by atoms with van der Waals surface area (Å²) >= 11 is 0. The molecule has 0 N–H and O–H groups in total. The number of hydrogen-bond donors (Lipinski definition) is 0. The van der Waals surface area contributed by atoms with Gasteiger partial charge in [0.25, 0.3) is 0 Å². The first kappa shape index (κ1) is 15.5. The maximum Gasteiger partial charge on any atom is 0.133 e. The van der Waals surface area contributed by atoms with Crippen molar-refractivity contribution >= 4 is 6.29 Å². The Kier molecular flexibility index (Phi) is 5.83.